The van der Waals surface area contributed by atoms with Gasteiger partial charge in [0.25, 0.3) is 0 Å². The fourth-order valence-corrected chi connectivity index (χ4v) is 3.80. The zero-order valence-corrected chi connectivity index (χ0v) is 13.2. The Bertz CT molecular complexity index is 405. The molecule has 1 saturated heterocycles. The fraction of sp³-hybridized carbons (Fsp3) is 0.917. The van der Waals surface area contributed by atoms with Gasteiger partial charge in [-0.15, -0.1) is 11.6 Å². The van der Waals surface area contributed by atoms with E-state index in [2.05, 4.69) is 4.90 Å². The van der Waals surface area contributed by atoms with Crippen molar-refractivity contribution in [1.82, 2.24) is 9.21 Å². The molecule has 0 N–H and O–H groups in total. The molecule has 0 spiro atoms. The summed E-state index contributed by atoms with van der Waals surface area (Å²) in [4.78, 5) is 2.18. The van der Waals surface area contributed by atoms with Crippen molar-refractivity contribution in [1.29, 1.82) is 5.26 Å². The molecule has 1 rings (SSSR count). The number of halogens is 1. The number of alkyl halides is 1. The zero-order chi connectivity index (χ0) is 14.8. The van der Waals surface area contributed by atoms with Crippen LogP contribution in [0.4, 0.5) is 0 Å². The van der Waals surface area contributed by atoms with Crippen molar-refractivity contribution < 1.29 is 13.2 Å². The van der Waals surface area contributed by atoms with E-state index in [4.69, 9.17) is 21.6 Å². The Morgan fingerprint density at radius 1 is 1.30 bits per heavy atom. The van der Waals surface area contributed by atoms with E-state index in [0.29, 0.717) is 38.6 Å². The maximum Gasteiger partial charge on any atom is 0.214 e. The normalized spacial score (nSPS) is 17.2. The van der Waals surface area contributed by atoms with Crippen LogP contribution in [0, 0.1) is 11.3 Å². The molecule has 0 amide bonds. The van der Waals surface area contributed by atoms with Gasteiger partial charge < -0.3 is 4.74 Å². The van der Waals surface area contributed by atoms with Crippen molar-refractivity contribution in [3.63, 3.8) is 0 Å². The molecule has 0 aromatic heterocycles. The molecule has 0 aromatic rings. The van der Waals surface area contributed by atoms with E-state index < -0.39 is 10.0 Å². The van der Waals surface area contributed by atoms with Gasteiger partial charge in [0.1, 0.15) is 0 Å². The zero-order valence-electron chi connectivity index (χ0n) is 11.6. The molecule has 1 aliphatic rings. The summed E-state index contributed by atoms with van der Waals surface area (Å²) in [7, 11) is -3.32. The van der Waals surface area contributed by atoms with E-state index in [0.717, 1.165) is 13.1 Å². The standard InChI is InChI=1S/C12H22ClN3O3S/c13-3-1-12-20(17,18)16(5-2-4-14)7-6-15-8-10-19-11-9-15/h1-3,5-12H2. The van der Waals surface area contributed by atoms with Crippen molar-refractivity contribution in [2.75, 3.05) is 57.6 Å². The number of nitriles is 1. The summed E-state index contributed by atoms with van der Waals surface area (Å²) in [5.41, 5.74) is 0. The fourth-order valence-electron chi connectivity index (χ4n) is 2.01. The summed E-state index contributed by atoms with van der Waals surface area (Å²) in [6.07, 6.45) is 0.647. The minimum absolute atomic E-state index is 0.0467. The lowest BCUT2D eigenvalue weighted by atomic mass is 10.4. The molecule has 8 heteroatoms. The van der Waals surface area contributed by atoms with Crippen molar-refractivity contribution in [2.24, 2.45) is 0 Å². The predicted octanol–water partition coefficient (Wildman–Crippen LogP) is 0.493. The highest BCUT2D eigenvalue weighted by atomic mass is 35.5. The van der Waals surface area contributed by atoms with Crippen LogP contribution in [0.15, 0.2) is 0 Å². The van der Waals surface area contributed by atoms with Gasteiger partial charge in [-0.3, -0.25) is 4.90 Å². The van der Waals surface area contributed by atoms with E-state index in [1.165, 1.54) is 4.31 Å². The van der Waals surface area contributed by atoms with Gasteiger partial charge >= 0.3 is 0 Å². The summed E-state index contributed by atoms with van der Waals surface area (Å²) < 4.78 is 31.0. The first-order valence-electron chi connectivity index (χ1n) is 6.81. The molecule has 0 bridgehead atoms. The average Bonchev–Trinajstić information content (AvgIpc) is 2.46. The Balaban J connectivity index is 2.52. The smallest absolute Gasteiger partial charge is 0.214 e. The molecule has 1 heterocycles. The lowest BCUT2D eigenvalue weighted by Gasteiger charge is -2.29. The molecule has 0 radical (unpaired) electrons. The molecular formula is C12H22ClN3O3S. The second-order valence-corrected chi connectivity index (χ2v) is 7.09. The van der Waals surface area contributed by atoms with Gasteiger partial charge in [-0.25, -0.2) is 8.42 Å². The van der Waals surface area contributed by atoms with Gasteiger partial charge in [-0.1, -0.05) is 0 Å². The molecule has 0 atom stereocenters. The van der Waals surface area contributed by atoms with Crippen LogP contribution < -0.4 is 0 Å². The first-order chi connectivity index (χ1) is 9.60. The minimum atomic E-state index is -3.32. The quantitative estimate of drug-likeness (QED) is 0.577. The Kier molecular flexibility index (Phi) is 8.41. The molecule has 1 aliphatic heterocycles. The first-order valence-corrected chi connectivity index (χ1v) is 8.95. The van der Waals surface area contributed by atoms with Crippen LogP contribution >= 0.6 is 11.6 Å². The molecule has 0 saturated carbocycles. The molecule has 0 aliphatic carbocycles. The maximum absolute atomic E-state index is 12.2. The van der Waals surface area contributed by atoms with E-state index >= 15 is 0 Å². The molecule has 20 heavy (non-hydrogen) atoms. The summed E-state index contributed by atoms with van der Waals surface area (Å²) >= 11 is 5.56. The summed E-state index contributed by atoms with van der Waals surface area (Å²) in [6, 6.07) is 2.00. The number of sulfonamides is 1. The molecule has 116 valence electrons. The Morgan fingerprint density at radius 3 is 2.60 bits per heavy atom. The van der Waals surface area contributed by atoms with Gasteiger partial charge in [0.15, 0.2) is 0 Å². The van der Waals surface area contributed by atoms with Crippen molar-refractivity contribution >= 4 is 21.6 Å². The molecule has 0 unspecified atom stereocenters. The first kappa shape index (κ1) is 17.7. The third-order valence-electron chi connectivity index (χ3n) is 3.17. The summed E-state index contributed by atoms with van der Waals surface area (Å²) in [6.45, 7) is 4.39. The van der Waals surface area contributed by atoms with E-state index in [1.54, 1.807) is 0 Å². The van der Waals surface area contributed by atoms with Crippen molar-refractivity contribution in [3.8, 4) is 6.07 Å². The van der Waals surface area contributed by atoms with Crippen molar-refractivity contribution in [2.45, 2.75) is 12.8 Å². The molecule has 1 fully saturated rings. The van der Waals surface area contributed by atoms with Crippen LogP contribution in [-0.4, -0.2) is 75.2 Å². The molecule has 6 nitrogen and oxygen atoms in total. The van der Waals surface area contributed by atoms with Crippen LogP contribution in [0.5, 0.6) is 0 Å². The Morgan fingerprint density at radius 2 is 2.00 bits per heavy atom. The number of ether oxygens (including phenoxy) is 1. The van der Waals surface area contributed by atoms with Crippen molar-refractivity contribution in [3.05, 3.63) is 0 Å². The maximum atomic E-state index is 12.2. The number of morpholine rings is 1. The highest BCUT2D eigenvalue weighted by Gasteiger charge is 2.22. The number of nitrogens with zero attached hydrogens (tertiary/aromatic N) is 3. The van der Waals surface area contributed by atoms with Crippen LogP contribution in [0.3, 0.4) is 0 Å². The van der Waals surface area contributed by atoms with Gasteiger partial charge in [0.05, 0.1) is 25.0 Å². The van der Waals surface area contributed by atoms with E-state index in [9.17, 15) is 8.42 Å². The lowest BCUT2D eigenvalue weighted by Crippen LogP contribution is -2.43. The lowest BCUT2D eigenvalue weighted by molar-refractivity contribution is 0.0363. The van der Waals surface area contributed by atoms with Gasteiger partial charge in [-0.2, -0.15) is 9.57 Å². The number of hydrogen-bond acceptors (Lipinski definition) is 5. The molecular weight excluding hydrogens is 302 g/mol. The van der Waals surface area contributed by atoms with Crippen LogP contribution in [0.2, 0.25) is 0 Å². The Hall–Kier alpha value is -0.390. The molecule has 0 aromatic carbocycles. The third kappa shape index (κ3) is 6.37. The number of hydrogen-bond donors (Lipinski definition) is 0. The predicted molar refractivity (Wildman–Crippen MR) is 78.2 cm³/mol. The van der Waals surface area contributed by atoms with Gasteiger partial charge in [-0.05, 0) is 6.42 Å². The second-order valence-electron chi connectivity index (χ2n) is 4.62. The monoisotopic (exact) mass is 323 g/mol. The largest absolute Gasteiger partial charge is 0.379 e. The van der Waals surface area contributed by atoms with E-state index in [-0.39, 0.29) is 18.7 Å². The third-order valence-corrected chi connectivity index (χ3v) is 5.40. The summed E-state index contributed by atoms with van der Waals surface area (Å²) in [5.74, 6) is 0.375. The van der Waals surface area contributed by atoms with Crippen LogP contribution in [0.25, 0.3) is 0 Å². The highest BCUT2D eigenvalue weighted by molar-refractivity contribution is 7.89. The van der Waals surface area contributed by atoms with Gasteiger partial charge in [0.2, 0.25) is 10.0 Å². The minimum Gasteiger partial charge on any atom is -0.379 e. The SMILES string of the molecule is N#CCCN(CCN1CCOCC1)S(=O)(=O)CCCCl. The van der Waals surface area contributed by atoms with Crippen LogP contribution in [0.1, 0.15) is 12.8 Å². The van der Waals surface area contributed by atoms with Crippen LogP contribution in [-0.2, 0) is 14.8 Å². The second kappa shape index (κ2) is 9.53. The average molecular weight is 324 g/mol. The van der Waals surface area contributed by atoms with Gasteiger partial charge in [0, 0.05) is 45.0 Å². The Labute approximate surface area is 126 Å². The number of rotatable bonds is 9. The topological polar surface area (TPSA) is 73.6 Å². The summed E-state index contributed by atoms with van der Waals surface area (Å²) in [5, 5.41) is 8.65. The highest BCUT2D eigenvalue weighted by Crippen LogP contribution is 2.07. The van der Waals surface area contributed by atoms with E-state index in [1.807, 2.05) is 6.07 Å².